The Kier molecular flexibility index (Phi) is 4.43. The van der Waals surface area contributed by atoms with Crippen molar-refractivity contribution in [3.63, 3.8) is 0 Å². The third-order valence-corrected chi connectivity index (χ3v) is 3.59. The highest BCUT2D eigenvalue weighted by atomic mass is 16.5. The molecule has 0 spiro atoms. The van der Waals surface area contributed by atoms with Gasteiger partial charge in [0.1, 0.15) is 12.1 Å². The van der Waals surface area contributed by atoms with Gasteiger partial charge in [0.05, 0.1) is 12.4 Å². The summed E-state index contributed by atoms with van der Waals surface area (Å²) in [6.07, 6.45) is 4.87. The van der Waals surface area contributed by atoms with Gasteiger partial charge < -0.3 is 10.1 Å². The molecule has 0 amide bonds. The number of nitrogens with zero attached hydrogens (tertiary/aromatic N) is 3. The van der Waals surface area contributed by atoms with Crippen LogP contribution >= 0.6 is 0 Å². The predicted octanol–water partition coefficient (Wildman–Crippen LogP) is 1.98. The van der Waals surface area contributed by atoms with Crippen molar-refractivity contribution in [3.05, 3.63) is 48.0 Å². The lowest BCUT2D eigenvalue weighted by molar-refractivity contribution is 0.231. The van der Waals surface area contributed by atoms with E-state index < -0.39 is 0 Å². The fraction of sp³-hybridized carbons (Fsp3) is 0.375. The first-order valence-electron chi connectivity index (χ1n) is 7.27. The Labute approximate surface area is 125 Å². The molecule has 110 valence electrons. The molecule has 3 rings (SSSR count). The van der Waals surface area contributed by atoms with E-state index in [0.29, 0.717) is 5.75 Å². The third-order valence-electron chi connectivity index (χ3n) is 3.59. The van der Waals surface area contributed by atoms with E-state index in [-0.39, 0.29) is 0 Å². The van der Waals surface area contributed by atoms with Crippen molar-refractivity contribution >= 4 is 0 Å². The molecule has 0 bridgehead atoms. The summed E-state index contributed by atoms with van der Waals surface area (Å²) in [5.74, 6) is 1.56. The van der Waals surface area contributed by atoms with E-state index in [4.69, 9.17) is 4.74 Å². The van der Waals surface area contributed by atoms with Crippen LogP contribution in [0.2, 0.25) is 0 Å². The molecule has 2 aromatic rings. The molecule has 0 unspecified atom stereocenters. The Balaban J connectivity index is 1.79. The van der Waals surface area contributed by atoms with Crippen LogP contribution in [0.1, 0.15) is 11.1 Å². The number of aromatic nitrogens is 2. The number of piperazine rings is 1. The number of hydrogen-bond donors (Lipinski definition) is 1. The van der Waals surface area contributed by atoms with E-state index in [0.717, 1.165) is 38.5 Å². The first kappa shape index (κ1) is 14.0. The lowest BCUT2D eigenvalue weighted by atomic mass is 10.1. The molecule has 0 aliphatic carbocycles. The van der Waals surface area contributed by atoms with Crippen molar-refractivity contribution in [2.75, 3.05) is 26.2 Å². The zero-order valence-corrected chi connectivity index (χ0v) is 12.2. The normalized spacial score (nSPS) is 15.9. The highest BCUT2D eigenvalue weighted by Crippen LogP contribution is 2.27. The van der Waals surface area contributed by atoms with Crippen LogP contribution in [0.5, 0.6) is 11.5 Å². The van der Waals surface area contributed by atoms with Crippen molar-refractivity contribution in [2.24, 2.45) is 0 Å². The monoisotopic (exact) mass is 284 g/mol. The minimum atomic E-state index is 0.671. The van der Waals surface area contributed by atoms with Crippen molar-refractivity contribution in [1.82, 2.24) is 20.2 Å². The molecule has 5 heteroatoms. The third kappa shape index (κ3) is 3.77. The maximum atomic E-state index is 5.96. The van der Waals surface area contributed by atoms with E-state index in [1.165, 1.54) is 17.5 Å². The topological polar surface area (TPSA) is 50.3 Å². The molecule has 21 heavy (non-hydrogen) atoms. The van der Waals surface area contributed by atoms with Gasteiger partial charge in [-0.05, 0) is 18.6 Å². The van der Waals surface area contributed by atoms with Crippen LogP contribution in [0.3, 0.4) is 0 Å². The first-order valence-corrected chi connectivity index (χ1v) is 7.27. The molecule has 1 fully saturated rings. The quantitative estimate of drug-likeness (QED) is 0.930. The average molecular weight is 284 g/mol. The number of aryl methyl sites for hydroxylation is 1. The van der Waals surface area contributed by atoms with E-state index in [1.807, 2.05) is 0 Å². The van der Waals surface area contributed by atoms with Gasteiger partial charge in [0.15, 0.2) is 5.75 Å². The molecule has 0 atom stereocenters. The van der Waals surface area contributed by atoms with Crippen LogP contribution in [-0.4, -0.2) is 41.0 Å². The maximum Gasteiger partial charge on any atom is 0.164 e. The second-order valence-corrected chi connectivity index (χ2v) is 5.31. The molecule has 1 aromatic heterocycles. The van der Waals surface area contributed by atoms with Gasteiger partial charge in [-0.15, -0.1) is 0 Å². The summed E-state index contributed by atoms with van der Waals surface area (Å²) in [6.45, 7) is 7.22. The number of hydrogen-bond acceptors (Lipinski definition) is 5. The van der Waals surface area contributed by atoms with E-state index in [2.05, 4.69) is 45.3 Å². The van der Waals surface area contributed by atoms with Gasteiger partial charge in [-0.2, -0.15) is 0 Å². The summed E-state index contributed by atoms with van der Waals surface area (Å²) in [7, 11) is 0. The number of benzene rings is 1. The number of nitrogens with one attached hydrogen (secondary N) is 1. The zero-order valence-electron chi connectivity index (χ0n) is 12.2. The van der Waals surface area contributed by atoms with Crippen molar-refractivity contribution in [2.45, 2.75) is 13.5 Å². The molecular formula is C16H20N4O. The molecule has 1 aromatic carbocycles. The van der Waals surface area contributed by atoms with Gasteiger partial charge >= 0.3 is 0 Å². The Bertz CT molecular complexity index is 582. The summed E-state index contributed by atoms with van der Waals surface area (Å²) in [6, 6.07) is 6.35. The molecule has 5 nitrogen and oxygen atoms in total. The van der Waals surface area contributed by atoms with Gasteiger partial charge in [-0.1, -0.05) is 12.1 Å². The van der Waals surface area contributed by atoms with Crippen LogP contribution in [0.25, 0.3) is 0 Å². The van der Waals surface area contributed by atoms with Crippen LogP contribution < -0.4 is 10.1 Å². The summed E-state index contributed by atoms with van der Waals surface area (Å²) < 4.78 is 5.96. The maximum absolute atomic E-state index is 5.96. The Morgan fingerprint density at radius 2 is 1.95 bits per heavy atom. The Hall–Kier alpha value is -1.98. The molecule has 0 radical (unpaired) electrons. The van der Waals surface area contributed by atoms with Gasteiger partial charge in [-0.3, -0.25) is 4.90 Å². The average Bonchev–Trinajstić information content (AvgIpc) is 2.52. The Morgan fingerprint density at radius 1 is 1.19 bits per heavy atom. The Morgan fingerprint density at radius 3 is 2.71 bits per heavy atom. The van der Waals surface area contributed by atoms with E-state index >= 15 is 0 Å². The van der Waals surface area contributed by atoms with E-state index in [9.17, 15) is 0 Å². The molecule has 1 aliphatic heterocycles. The molecule has 2 heterocycles. The van der Waals surface area contributed by atoms with Crippen LogP contribution in [0.15, 0.2) is 36.9 Å². The highest BCUT2D eigenvalue weighted by molar-refractivity contribution is 5.39. The minimum Gasteiger partial charge on any atom is -0.454 e. The lowest BCUT2D eigenvalue weighted by Gasteiger charge is -2.27. The molecule has 1 N–H and O–H groups in total. The molecule has 0 saturated carbocycles. The van der Waals surface area contributed by atoms with Gasteiger partial charge in [0.25, 0.3) is 0 Å². The van der Waals surface area contributed by atoms with Gasteiger partial charge in [0.2, 0.25) is 0 Å². The van der Waals surface area contributed by atoms with Crippen LogP contribution in [-0.2, 0) is 6.54 Å². The standard InChI is InChI=1S/C16H20N4O/c1-13-2-3-14(11-20-6-4-17-5-7-20)16(8-13)21-15-9-18-12-19-10-15/h2-3,8-10,12,17H,4-7,11H2,1H3. The second kappa shape index (κ2) is 6.65. The first-order chi connectivity index (χ1) is 10.3. The van der Waals surface area contributed by atoms with Crippen molar-refractivity contribution < 1.29 is 4.74 Å². The highest BCUT2D eigenvalue weighted by Gasteiger charge is 2.13. The van der Waals surface area contributed by atoms with Crippen LogP contribution in [0, 0.1) is 6.92 Å². The van der Waals surface area contributed by atoms with Gasteiger partial charge in [0, 0.05) is 38.3 Å². The smallest absolute Gasteiger partial charge is 0.164 e. The summed E-state index contributed by atoms with van der Waals surface area (Å²) in [5, 5.41) is 3.37. The van der Waals surface area contributed by atoms with Gasteiger partial charge in [-0.25, -0.2) is 9.97 Å². The summed E-state index contributed by atoms with van der Waals surface area (Å²) >= 11 is 0. The van der Waals surface area contributed by atoms with Crippen LogP contribution in [0.4, 0.5) is 0 Å². The summed E-state index contributed by atoms with van der Waals surface area (Å²) in [4.78, 5) is 10.4. The zero-order chi connectivity index (χ0) is 14.5. The van der Waals surface area contributed by atoms with Crippen molar-refractivity contribution in [1.29, 1.82) is 0 Å². The van der Waals surface area contributed by atoms with Crippen molar-refractivity contribution in [3.8, 4) is 11.5 Å². The fourth-order valence-corrected chi connectivity index (χ4v) is 2.46. The lowest BCUT2D eigenvalue weighted by Crippen LogP contribution is -2.42. The SMILES string of the molecule is Cc1ccc(CN2CCNCC2)c(Oc2cncnc2)c1. The number of ether oxygens (including phenoxy) is 1. The fourth-order valence-electron chi connectivity index (χ4n) is 2.46. The minimum absolute atomic E-state index is 0.671. The largest absolute Gasteiger partial charge is 0.454 e. The second-order valence-electron chi connectivity index (χ2n) is 5.31. The molecule has 1 aliphatic rings. The van der Waals surface area contributed by atoms with E-state index in [1.54, 1.807) is 12.4 Å². The number of rotatable bonds is 4. The predicted molar refractivity (Wildman–Crippen MR) is 81.4 cm³/mol. The molecule has 1 saturated heterocycles. The summed E-state index contributed by atoms with van der Waals surface area (Å²) in [5.41, 5.74) is 2.39. The molecular weight excluding hydrogens is 264 g/mol.